The van der Waals surface area contributed by atoms with Gasteiger partial charge in [-0.05, 0) is 32.3 Å². The minimum Gasteiger partial charge on any atom is -0.174 e. The van der Waals surface area contributed by atoms with Crippen molar-refractivity contribution >= 4 is 0 Å². The van der Waals surface area contributed by atoms with Crippen LogP contribution in [0.3, 0.4) is 0 Å². The molecule has 0 aromatic carbocycles. The van der Waals surface area contributed by atoms with Crippen molar-refractivity contribution in [1.29, 1.82) is 0 Å². The Hall–Kier alpha value is -0.660. The van der Waals surface area contributed by atoms with Crippen LogP contribution in [0, 0.1) is 0 Å². The van der Waals surface area contributed by atoms with Gasteiger partial charge < -0.3 is 0 Å². The smallest absolute Gasteiger partial charge is 0.174 e. The first-order chi connectivity index (χ1) is 5.16. The Labute approximate surface area is 66.6 Å². The van der Waals surface area contributed by atoms with Gasteiger partial charge in [0.15, 0.2) is 0 Å². The second-order valence-electron chi connectivity index (χ2n) is 2.49. The van der Waals surface area contributed by atoms with Crippen molar-refractivity contribution in [3.8, 4) is 0 Å². The highest BCUT2D eigenvalue weighted by Crippen LogP contribution is 2.08. The van der Waals surface area contributed by atoms with Gasteiger partial charge in [0.05, 0.1) is 0 Å². The summed E-state index contributed by atoms with van der Waals surface area (Å²) in [5.41, 5.74) is 1.19. The fraction of sp³-hybridized carbons (Fsp3) is 0.556. The summed E-state index contributed by atoms with van der Waals surface area (Å²) in [6.07, 6.45) is 3.62. The van der Waals surface area contributed by atoms with E-state index in [1.165, 1.54) is 5.57 Å². The molecule has 0 aliphatic rings. The first-order valence-corrected chi connectivity index (χ1v) is 3.83. The molecule has 0 aromatic heterocycles. The molecule has 64 valence electrons. The summed E-state index contributed by atoms with van der Waals surface area (Å²) in [5, 5.41) is 0. The van der Waals surface area contributed by atoms with Gasteiger partial charge in [0.2, 0.25) is 0 Å². The first kappa shape index (κ1) is 10.3. The molecule has 0 spiro atoms. The minimum absolute atomic E-state index is 0.449. The van der Waals surface area contributed by atoms with Gasteiger partial charge in [-0.15, -0.1) is 0 Å². The third kappa shape index (κ3) is 7.23. The highest BCUT2D eigenvalue weighted by molar-refractivity contribution is 4.99. The van der Waals surface area contributed by atoms with Gasteiger partial charge in [-0.2, -0.15) is 8.78 Å². The van der Waals surface area contributed by atoms with Crippen LogP contribution < -0.4 is 0 Å². The van der Waals surface area contributed by atoms with E-state index in [4.69, 9.17) is 0 Å². The zero-order chi connectivity index (χ0) is 8.69. The molecule has 0 nitrogen and oxygen atoms in total. The summed E-state index contributed by atoms with van der Waals surface area (Å²) in [4.78, 5) is 0. The molecule has 0 aliphatic heterocycles. The number of rotatable bonds is 4. The van der Waals surface area contributed by atoms with Crippen LogP contribution in [0.2, 0.25) is 0 Å². The summed E-state index contributed by atoms with van der Waals surface area (Å²) >= 11 is 0. The molecule has 0 atom stereocenters. The molecule has 0 aliphatic carbocycles. The van der Waals surface area contributed by atoms with E-state index < -0.39 is 6.08 Å². The van der Waals surface area contributed by atoms with E-state index in [9.17, 15) is 8.78 Å². The van der Waals surface area contributed by atoms with Crippen LogP contribution in [0.4, 0.5) is 8.78 Å². The Morgan fingerprint density at radius 3 is 2.36 bits per heavy atom. The second-order valence-corrected chi connectivity index (χ2v) is 2.49. The first-order valence-electron chi connectivity index (χ1n) is 3.83. The lowest BCUT2D eigenvalue weighted by Gasteiger charge is -1.94. The van der Waals surface area contributed by atoms with Gasteiger partial charge in [0.1, 0.15) is 0 Å². The zero-order valence-corrected chi connectivity index (χ0v) is 7.03. The number of hydrogen-bond donors (Lipinski definition) is 0. The van der Waals surface area contributed by atoms with Crippen LogP contribution in [0.25, 0.3) is 0 Å². The lowest BCUT2D eigenvalue weighted by atomic mass is 10.1. The van der Waals surface area contributed by atoms with E-state index >= 15 is 0 Å². The SMILES string of the molecule is CC/C=C(\C)CCC=C(F)F. The predicted molar refractivity (Wildman–Crippen MR) is 43.6 cm³/mol. The normalized spacial score (nSPS) is 11.5. The molecule has 0 radical (unpaired) electrons. The van der Waals surface area contributed by atoms with Crippen molar-refractivity contribution in [2.45, 2.75) is 33.1 Å². The molecule has 0 bridgehead atoms. The number of allylic oxidation sites excluding steroid dienone is 3. The highest BCUT2D eigenvalue weighted by Gasteiger charge is 1.89. The van der Waals surface area contributed by atoms with Crippen LogP contribution in [0.1, 0.15) is 33.1 Å². The number of halogens is 2. The summed E-state index contributed by atoms with van der Waals surface area (Å²) in [6.45, 7) is 4.00. The molecule has 2 heteroatoms. The van der Waals surface area contributed by atoms with Crippen molar-refractivity contribution < 1.29 is 8.78 Å². The van der Waals surface area contributed by atoms with Crippen LogP contribution in [-0.4, -0.2) is 0 Å². The lowest BCUT2D eigenvalue weighted by Crippen LogP contribution is -1.75. The van der Waals surface area contributed by atoms with Crippen LogP contribution in [0.5, 0.6) is 0 Å². The van der Waals surface area contributed by atoms with Crippen LogP contribution in [0.15, 0.2) is 23.8 Å². The number of hydrogen-bond acceptors (Lipinski definition) is 0. The van der Waals surface area contributed by atoms with E-state index in [2.05, 4.69) is 6.08 Å². The van der Waals surface area contributed by atoms with Crippen LogP contribution >= 0.6 is 0 Å². The maximum atomic E-state index is 11.5. The van der Waals surface area contributed by atoms with E-state index in [0.717, 1.165) is 18.9 Å². The largest absolute Gasteiger partial charge is 0.266 e. The molecule has 0 aromatic rings. The van der Waals surface area contributed by atoms with E-state index in [-0.39, 0.29) is 0 Å². The second kappa shape index (κ2) is 6.08. The van der Waals surface area contributed by atoms with E-state index in [1.807, 2.05) is 13.8 Å². The maximum Gasteiger partial charge on any atom is 0.266 e. The quantitative estimate of drug-likeness (QED) is 0.547. The minimum atomic E-state index is -1.57. The average Bonchev–Trinajstić information content (AvgIpc) is 1.87. The van der Waals surface area contributed by atoms with E-state index in [1.54, 1.807) is 0 Å². The lowest BCUT2D eigenvalue weighted by molar-refractivity contribution is 0.417. The summed E-state index contributed by atoms with van der Waals surface area (Å²) in [5.74, 6) is 0. The van der Waals surface area contributed by atoms with E-state index in [0.29, 0.717) is 6.42 Å². The Bertz CT molecular complexity index is 153. The fourth-order valence-electron chi connectivity index (χ4n) is 0.859. The standard InChI is InChI=1S/C9H14F2/c1-3-5-8(2)6-4-7-9(10)11/h5,7H,3-4,6H2,1-2H3/b8-5+. The predicted octanol–water partition coefficient (Wildman–Crippen LogP) is 3.90. The fourth-order valence-corrected chi connectivity index (χ4v) is 0.859. The third-order valence-corrected chi connectivity index (χ3v) is 1.39. The van der Waals surface area contributed by atoms with Crippen molar-refractivity contribution in [3.63, 3.8) is 0 Å². The van der Waals surface area contributed by atoms with Gasteiger partial charge in [-0.1, -0.05) is 18.6 Å². The Balaban J connectivity index is 3.54. The Morgan fingerprint density at radius 2 is 1.91 bits per heavy atom. The average molecular weight is 160 g/mol. The summed E-state index contributed by atoms with van der Waals surface area (Å²) in [7, 11) is 0. The molecule has 0 heterocycles. The van der Waals surface area contributed by atoms with Crippen LogP contribution in [-0.2, 0) is 0 Å². The van der Waals surface area contributed by atoms with Crippen molar-refractivity contribution in [3.05, 3.63) is 23.8 Å². The summed E-state index contributed by atoms with van der Waals surface area (Å²) < 4.78 is 23.0. The molecule has 0 fully saturated rings. The van der Waals surface area contributed by atoms with Crippen molar-refractivity contribution in [2.75, 3.05) is 0 Å². The zero-order valence-electron chi connectivity index (χ0n) is 7.03. The van der Waals surface area contributed by atoms with Gasteiger partial charge in [0.25, 0.3) is 6.08 Å². The van der Waals surface area contributed by atoms with Crippen molar-refractivity contribution in [1.82, 2.24) is 0 Å². The molecule has 0 unspecified atom stereocenters. The van der Waals surface area contributed by atoms with Gasteiger partial charge in [0, 0.05) is 0 Å². The Kier molecular flexibility index (Phi) is 5.71. The molecule has 0 N–H and O–H groups in total. The maximum absolute atomic E-state index is 11.5. The molecule has 11 heavy (non-hydrogen) atoms. The third-order valence-electron chi connectivity index (χ3n) is 1.39. The molecule has 0 rings (SSSR count). The molecular formula is C9H14F2. The molecule has 0 amide bonds. The van der Waals surface area contributed by atoms with Crippen molar-refractivity contribution in [2.24, 2.45) is 0 Å². The molecule has 0 saturated heterocycles. The topological polar surface area (TPSA) is 0 Å². The molecule has 0 saturated carbocycles. The van der Waals surface area contributed by atoms with Gasteiger partial charge in [-0.3, -0.25) is 0 Å². The Morgan fingerprint density at radius 1 is 1.27 bits per heavy atom. The van der Waals surface area contributed by atoms with Gasteiger partial charge in [-0.25, -0.2) is 0 Å². The summed E-state index contributed by atoms with van der Waals surface area (Å²) in [6, 6.07) is 0. The molecular weight excluding hydrogens is 146 g/mol. The monoisotopic (exact) mass is 160 g/mol. The highest BCUT2D eigenvalue weighted by atomic mass is 19.3. The van der Waals surface area contributed by atoms with Gasteiger partial charge >= 0.3 is 0 Å².